The molecule has 0 amide bonds. The van der Waals surface area contributed by atoms with Crippen molar-refractivity contribution in [2.75, 3.05) is 0 Å². The molecule has 2 rings (SSSR count). The van der Waals surface area contributed by atoms with Gasteiger partial charge in [0.2, 0.25) is 0 Å². The van der Waals surface area contributed by atoms with E-state index in [9.17, 15) is 0 Å². The third-order valence-corrected chi connectivity index (χ3v) is 3.24. The quantitative estimate of drug-likeness (QED) is 0.702. The maximum atomic E-state index is 8.97. The van der Waals surface area contributed by atoms with Crippen LogP contribution in [-0.2, 0) is 15.9 Å². The predicted octanol–water partition coefficient (Wildman–Crippen LogP) is 3.12. The molecule has 0 saturated heterocycles. The molecule has 2 heterocycles. The van der Waals surface area contributed by atoms with Crippen molar-refractivity contribution < 1.29 is 4.74 Å². The van der Waals surface area contributed by atoms with E-state index in [4.69, 9.17) is 22.2 Å². The van der Waals surface area contributed by atoms with E-state index in [0.717, 1.165) is 11.3 Å². The number of ether oxygens (including phenoxy) is 1. The first-order chi connectivity index (χ1) is 7.28. The molecule has 0 saturated carbocycles. The molecule has 1 aromatic heterocycles. The molecule has 0 atom stereocenters. The molecule has 1 aliphatic rings. The van der Waals surface area contributed by atoms with Gasteiger partial charge in [0, 0.05) is 5.56 Å². The third kappa shape index (κ3) is 1.48. The summed E-state index contributed by atoms with van der Waals surface area (Å²) >= 11 is 5.14. The van der Waals surface area contributed by atoms with E-state index in [1.165, 1.54) is 0 Å². The Kier molecular flexibility index (Phi) is 2.23. The lowest BCUT2D eigenvalue weighted by Crippen LogP contribution is -2.22. The molecular formula is C12H14N2OS. The highest BCUT2D eigenvalue weighted by atomic mass is 32.1. The Bertz CT molecular complexity index is 549. The second kappa shape index (κ2) is 3.16. The second-order valence-electron chi connectivity index (χ2n) is 5.04. The Morgan fingerprint density at radius 1 is 1.31 bits per heavy atom. The van der Waals surface area contributed by atoms with Crippen molar-refractivity contribution in [1.82, 2.24) is 4.98 Å². The van der Waals surface area contributed by atoms with Gasteiger partial charge in [-0.3, -0.25) is 0 Å². The number of pyridine rings is 1. The summed E-state index contributed by atoms with van der Waals surface area (Å²) in [4.78, 5) is 3.12. The zero-order chi connectivity index (χ0) is 12.1. The van der Waals surface area contributed by atoms with Crippen LogP contribution in [0.4, 0.5) is 0 Å². The highest BCUT2D eigenvalue weighted by Crippen LogP contribution is 2.45. The summed E-state index contributed by atoms with van der Waals surface area (Å²) in [5, 5.41) is 8.97. The Balaban J connectivity index is 2.79. The maximum Gasteiger partial charge on any atom is 0.121 e. The van der Waals surface area contributed by atoms with Crippen LogP contribution in [0.1, 0.15) is 44.5 Å². The molecule has 0 aromatic carbocycles. The summed E-state index contributed by atoms with van der Waals surface area (Å²) in [6.07, 6.45) is 0. The molecule has 4 heteroatoms. The summed E-state index contributed by atoms with van der Waals surface area (Å²) in [7, 11) is 0. The van der Waals surface area contributed by atoms with E-state index in [-0.39, 0.29) is 11.2 Å². The van der Waals surface area contributed by atoms with Crippen molar-refractivity contribution in [3.63, 3.8) is 0 Å². The molecule has 1 N–H and O–H groups in total. The first-order valence-electron chi connectivity index (χ1n) is 5.16. The Morgan fingerprint density at radius 2 is 1.94 bits per heavy atom. The van der Waals surface area contributed by atoms with E-state index in [1.54, 1.807) is 0 Å². The summed E-state index contributed by atoms with van der Waals surface area (Å²) in [5.41, 5.74) is 1.72. The standard InChI is InChI=1S/C12H14N2OS/c1-11(2)8-5-7(6-13)10(16)14-9(8)12(3,4)15-11/h5H,1-4H3,(H,14,16). The van der Waals surface area contributed by atoms with E-state index in [0.29, 0.717) is 10.2 Å². The van der Waals surface area contributed by atoms with Gasteiger partial charge in [-0.25, -0.2) is 0 Å². The molecular weight excluding hydrogens is 220 g/mol. The van der Waals surface area contributed by atoms with Gasteiger partial charge in [0.15, 0.2) is 0 Å². The number of H-pyrrole nitrogens is 1. The first-order valence-corrected chi connectivity index (χ1v) is 5.57. The molecule has 0 fully saturated rings. The lowest BCUT2D eigenvalue weighted by molar-refractivity contribution is -0.106. The van der Waals surface area contributed by atoms with E-state index < -0.39 is 0 Å². The van der Waals surface area contributed by atoms with Gasteiger partial charge in [0.25, 0.3) is 0 Å². The second-order valence-corrected chi connectivity index (χ2v) is 5.44. The summed E-state index contributed by atoms with van der Waals surface area (Å²) in [5.74, 6) is 0. The van der Waals surface area contributed by atoms with Gasteiger partial charge in [-0.1, -0.05) is 12.2 Å². The monoisotopic (exact) mass is 234 g/mol. The summed E-state index contributed by atoms with van der Waals surface area (Å²) in [6.45, 7) is 7.99. The van der Waals surface area contributed by atoms with Gasteiger partial charge >= 0.3 is 0 Å². The number of rotatable bonds is 0. The fourth-order valence-corrected chi connectivity index (χ4v) is 2.51. The zero-order valence-electron chi connectivity index (χ0n) is 9.84. The van der Waals surface area contributed by atoms with Crippen LogP contribution in [0.15, 0.2) is 6.07 Å². The van der Waals surface area contributed by atoms with Gasteiger partial charge in [-0.15, -0.1) is 0 Å². The molecule has 16 heavy (non-hydrogen) atoms. The SMILES string of the molecule is CC1(C)OC(C)(C)c2[nH]c(=S)c(C#N)cc21. The van der Waals surface area contributed by atoms with Crippen molar-refractivity contribution in [3.05, 3.63) is 27.5 Å². The van der Waals surface area contributed by atoms with E-state index in [1.807, 2.05) is 33.8 Å². The average Bonchev–Trinajstić information content (AvgIpc) is 2.31. The topological polar surface area (TPSA) is 48.8 Å². The molecule has 1 aromatic rings. The summed E-state index contributed by atoms with van der Waals surface area (Å²) in [6, 6.07) is 3.94. The molecule has 0 radical (unpaired) electrons. The van der Waals surface area contributed by atoms with Crippen LogP contribution in [0, 0.1) is 16.0 Å². The van der Waals surface area contributed by atoms with Crippen molar-refractivity contribution in [2.24, 2.45) is 0 Å². The lowest BCUT2D eigenvalue weighted by atomic mass is 9.94. The van der Waals surface area contributed by atoms with Gasteiger partial charge in [0.1, 0.15) is 16.3 Å². The van der Waals surface area contributed by atoms with Crippen LogP contribution in [0.3, 0.4) is 0 Å². The van der Waals surface area contributed by atoms with Crippen LogP contribution in [0.5, 0.6) is 0 Å². The number of fused-ring (bicyclic) bond motifs is 1. The fourth-order valence-electron chi connectivity index (χ4n) is 2.31. The molecule has 0 unspecified atom stereocenters. The van der Waals surface area contributed by atoms with Gasteiger partial charge < -0.3 is 9.72 Å². The van der Waals surface area contributed by atoms with Crippen molar-refractivity contribution in [3.8, 4) is 6.07 Å². The van der Waals surface area contributed by atoms with Crippen LogP contribution >= 0.6 is 12.2 Å². The number of aromatic amines is 1. The third-order valence-electron chi connectivity index (χ3n) is 2.92. The highest BCUT2D eigenvalue weighted by Gasteiger charge is 2.43. The van der Waals surface area contributed by atoms with E-state index in [2.05, 4.69) is 11.1 Å². The van der Waals surface area contributed by atoms with Crippen LogP contribution < -0.4 is 0 Å². The Labute approximate surface area is 100 Å². The molecule has 1 aliphatic heterocycles. The number of hydrogen-bond donors (Lipinski definition) is 1. The number of nitrogens with one attached hydrogen (secondary N) is 1. The largest absolute Gasteiger partial charge is 0.359 e. The minimum atomic E-state index is -0.389. The van der Waals surface area contributed by atoms with Crippen LogP contribution in [0.25, 0.3) is 0 Å². The molecule has 3 nitrogen and oxygen atoms in total. The van der Waals surface area contributed by atoms with Gasteiger partial charge in [-0.05, 0) is 33.8 Å². The normalized spacial score (nSPS) is 20.2. The molecule has 0 bridgehead atoms. The minimum absolute atomic E-state index is 0.385. The first kappa shape index (κ1) is 11.3. The fraction of sp³-hybridized carbons (Fsp3) is 0.500. The van der Waals surface area contributed by atoms with Crippen molar-refractivity contribution in [1.29, 1.82) is 5.26 Å². The van der Waals surface area contributed by atoms with Crippen LogP contribution in [0.2, 0.25) is 0 Å². The smallest absolute Gasteiger partial charge is 0.121 e. The number of nitrogens with zero attached hydrogens (tertiary/aromatic N) is 1. The maximum absolute atomic E-state index is 8.97. The summed E-state index contributed by atoms with van der Waals surface area (Å²) < 4.78 is 6.46. The van der Waals surface area contributed by atoms with Gasteiger partial charge in [0.05, 0.1) is 16.9 Å². The molecule has 84 valence electrons. The Hall–Kier alpha value is -1.18. The minimum Gasteiger partial charge on any atom is -0.359 e. The van der Waals surface area contributed by atoms with E-state index >= 15 is 0 Å². The van der Waals surface area contributed by atoms with Crippen molar-refractivity contribution >= 4 is 12.2 Å². The highest BCUT2D eigenvalue weighted by molar-refractivity contribution is 7.71. The number of hydrogen-bond acceptors (Lipinski definition) is 3. The molecule has 0 aliphatic carbocycles. The zero-order valence-corrected chi connectivity index (χ0v) is 10.7. The number of aromatic nitrogens is 1. The predicted molar refractivity (Wildman–Crippen MR) is 63.5 cm³/mol. The molecule has 0 spiro atoms. The lowest BCUT2D eigenvalue weighted by Gasteiger charge is -2.24. The van der Waals surface area contributed by atoms with Crippen molar-refractivity contribution in [2.45, 2.75) is 38.9 Å². The van der Waals surface area contributed by atoms with Crippen LogP contribution in [-0.4, -0.2) is 4.98 Å². The average molecular weight is 234 g/mol. The Morgan fingerprint density at radius 3 is 2.50 bits per heavy atom. The van der Waals surface area contributed by atoms with Gasteiger partial charge in [-0.2, -0.15) is 5.26 Å². The number of nitriles is 1.